The quantitative estimate of drug-likeness (QED) is 0.576. The van der Waals surface area contributed by atoms with E-state index in [9.17, 15) is 4.79 Å². The van der Waals surface area contributed by atoms with Gasteiger partial charge >= 0.3 is 0 Å². The second-order valence-electron chi connectivity index (χ2n) is 6.59. The summed E-state index contributed by atoms with van der Waals surface area (Å²) in [4.78, 5) is 12.1. The van der Waals surface area contributed by atoms with Gasteiger partial charge in [-0.1, -0.05) is 32.0 Å². The number of hydrogen-bond donors (Lipinski definition) is 1. The van der Waals surface area contributed by atoms with Crippen molar-refractivity contribution in [2.45, 2.75) is 46.5 Å². The highest BCUT2D eigenvalue weighted by atomic mass is 79.9. The van der Waals surface area contributed by atoms with Crippen LogP contribution in [0.3, 0.4) is 0 Å². The molecule has 0 aliphatic rings. The average molecular weight is 404 g/mol. The second kappa shape index (κ2) is 9.04. The van der Waals surface area contributed by atoms with Crippen molar-refractivity contribution in [1.29, 1.82) is 0 Å². The van der Waals surface area contributed by atoms with Crippen molar-refractivity contribution in [2.24, 2.45) is 0 Å². The zero-order chi connectivity index (χ0) is 18.4. The number of rotatable bonds is 7. The summed E-state index contributed by atoms with van der Waals surface area (Å²) in [6, 6.07) is 12.1. The Kier molecular flexibility index (Phi) is 7.06. The Morgan fingerprint density at radius 1 is 1.20 bits per heavy atom. The van der Waals surface area contributed by atoms with Gasteiger partial charge in [-0.05, 0) is 77.0 Å². The third-order valence-electron chi connectivity index (χ3n) is 4.31. The van der Waals surface area contributed by atoms with E-state index < -0.39 is 0 Å². The molecule has 0 unspecified atom stereocenters. The number of halogens is 1. The number of benzene rings is 2. The molecule has 0 bridgehead atoms. The summed E-state index contributed by atoms with van der Waals surface area (Å²) >= 11 is 3.55. The van der Waals surface area contributed by atoms with Gasteiger partial charge in [0.05, 0.1) is 11.1 Å². The van der Waals surface area contributed by atoms with Crippen LogP contribution in [0, 0.1) is 13.8 Å². The maximum absolute atomic E-state index is 12.1. The molecule has 0 fully saturated rings. The minimum atomic E-state index is 0.0199. The average Bonchev–Trinajstić information content (AvgIpc) is 2.57. The molecule has 1 N–H and O–H groups in total. The summed E-state index contributed by atoms with van der Waals surface area (Å²) in [6.45, 7) is 8.90. The summed E-state index contributed by atoms with van der Waals surface area (Å²) < 4.78 is 6.75. The van der Waals surface area contributed by atoms with Crippen molar-refractivity contribution in [3.8, 4) is 5.75 Å². The molecule has 0 spiro atoms. The number of aryl methyl sites for hydroxylation is 1. The van der Waals surface area contributed by atoms with Crippen LogP contribution in [-0.2, 0) is 4.79 Å². The molecule has 1 amide bonds. The molecule has 0 aliphatic heterocycles. The van der Waals surface area contributed by atoms with Crippen LogP contribution in [0.1, 0.15) is 49.3 Å². The first-order chi connectivity index (χ1) is 11.9. The number of amides is 1. The van der Waals surface area contributed by atoms with Crippen molar-refractivity contribution in [3.05, 3.63) is 57.6 Å². The van der Waals surface area contributed by atoms with Gasteiger partial charge in [0.25, 0.3) is 0 Å². The van der Waals surface area contributed by atoms with Crippen LogP contribution in [0.15, 0.2) is 40.9 Å². The Morgan fingerprint density at radius 2 is 1.96 bits per heavy atom. The summed E-state index contributed by atoms with van der Waals surface area (Å²) in [7, 11) is 0. The Hall–Kier alpha value is -1.81. The number of nitrogens with one attached hydrogen (secondary N) is 1. The van der Waals surface area contributed by atoms with Gasteiger partial charge in [0, 0.05) is 12.1 Å². The molecule has 0 saturated heterocycles. The van der Waals surface area contributed by atoms with Crippen LogP contribution in [-0.4, -0.2) is 12.5 Å². The molecule has 3 nitrogen and oxygen atoms in total. The van der Waals surface area contributed by atoms with Gasteiger partial charge in [0.15, 0.2) is 0 Å². The largest absolute Gasteiger partial charge is 0.492 e. The van der Waals surface area contributed by atoms with E-state index in [1.807, 2.05) is 38.1 Å². The number of carbonyl (C=O) groups excluding carboxylic acids is 1. The first kappa shape index (κ1) is 19.5. The van der Waals surface area contributed by atoms with Crippen molar-refractivity contribution >= 4 is 27.5 Å². The monoisotopic (exact) mass is 403 g/mol. The third kappa shape index (κ3) is 5.60. The van der Waals surface area contributed by atoms with Crippen LogP contribution >= 0.6 is 15.9 Å². The highest BCUT2D eigenvalue weighted by Crippen LogP contribution is 2.29. The summed E-state index contributed by atoms with van der Waals surface area (Å²) in [5.41, 5.74) is 4.45. The number of hydrogen-bond acceptors (Lipinski definition) is 2. The fraction of sp³-hybridized carbons (Fsp3) is 0.381. The van der Waals surface area contributed by atoms with E-state index >= 15 is 0 Å². The highest BCUT2D eigenvalue weighted by Gasteiger charge is 2.08. The van der Waals surface area contributed by atoms with E-state index in [2.05, 4.69) is 47.2 Å². The van der Waals surface area contributed by atoms with Gasteiger partial charge in [0.2, 0.25) is 5.91 Å². The minimum Gasteiger partial charge on any atom is -0.492 e. The second-order valence-corrected chi connectivity index (χ2v) is 7.45. The van der Waals surface area contributed by atoms with Crippen molar-refractivity contribution in [1.82, 2.24) is 0 Å². The predicted octanol–water partition coefficient (Wildman–Crippen LogP) is 5.99. The lowest BCUT2D eigenvalue weighted by molar-refractivity contribution is -0.116. The molecule has 0 radical (unpaired) electrons. The summed E-state index contributed by atoms with van der Waals surface area (Å²) in [5.74, 6) is 1.32. The molecule has 0 heterocycles. The zero-order valence-corrected chi connectivity index (χ0v) is 16.9. The van der Waals surface area contributed by atoms with E-state index in [1.54, 1.807) is 0 Å². The molecule has 25 heavy (non-hydrogen) atoms. The Balaban J connectivity index is 1.79. The molecule has 0 aliphatic carbocycles. The van der Waals surface area contributed by atoms with Crippen molar-refractivity contribution in [2.75, 3.05) is 11.9 Å². The molecular weight excluding hydrogens is 378 g/mol. The van der Waals surface area contributed by atoms with Gasteiger partial charge in [-0.25, -0.2) is 0 Å². The minimum absolute atomic E-state index is 0.0199. The SMILES string of the molecule is Cc1cccc(NC(=O)CCCOc2ccc(C(C)C)cc2Br)c1C. The predicted molar refractivity (Wildman–Crippen MR) is 108 cm³/mol. The maximum Gasteiger partial charge on any atom is 0.224 e. The molecule has 2 aromatic carbocycles. The standard InChI is InChI=1S/C21H26BrNO2/c1-14(2)17-10-11-20(18(22)13-17)25-12-6-9-21(24)23-19-8-5-7-15(3)16(19)4/h5,7-8,10-11,13-14H,6,9,12H2,1-4H3,(H,23,24). The molecule has 0 atom stereocenters. The third-order valence-corrected chi connectivity index (χ3v) is 4.93. The lowest BCUT2D eigenvalue weighted by Gasteiger charge is -2.12. The van der Waals surface area contributed by atoms with E-state index in [1.165, 1.54) is 11.1 Å². The Morgan fingerprint density at radius 3 is 2.64 bits per heavy atom. The normalized spacial score (nSPS) is 10.8. The molecule has 134 valence electrons. The van der Waals surface area contributed by atoms with Crippen LogP contribution in [0.25, 0.3) is 0 Å². The Bertz CT molecular complexity index is 741. The van der Waals surface area contributed by atoms with E-state index in [4.69, 9.17) is 4.74 Å². The van der Waals surface area contributed by atoms with Crippen LogP contribution in [0.2, 0.25) is 0 Å². The van der Waals surface area contributed by atoms with Crippen molar-refractivity contribution in [3.63, 3.8) is 0 Å². The van der Waals surface area contributed by atoms with Crippen molar-refractivity contribution < 1.29 is 9.53 Å². The number of carbonyl (C=O) groups is 1. The highest BCUT2D eigenvalue weighted by molar-refractivity contribution is 9.10. The number of ether oxygens (including phenoxy) is 1. The molecule has 0 aromatic heterocycles. The van der Waals surface area contributed by atoms with Crippen LogP contribution in [0.4, 0.5) is 5.69 Å². The van der Waals surface area contributed by atoms with Gasteiger partial charge in [0.1, 0.15) is 5.75 Å². The van der Waals surface area contributed by atoms with Gasteiger partial charge in [-0.3, -0.25) is 4.79 Å². The first-order valence-corrected chi connectivity index (χ1v) is 9.46. The van der Waals surface area contributed by atoms with E-state index in [0.29, 0.717) is 25.4 Å². The van der Waals surface area contributed by atoms with Crippen LogP contribution < -0.4 is 10.1 Å². The molecule has 4 heteroatoms. The molecule has 2 rings (SSSR count). The molecule has 2 aromatic rings. The fourth-order valence-electron chi connectivity index (χ4n) is 2.51. The lowest BCUT2D eigenvalue weighted by atomic mass is 10.0. The van der Waals surface area contributed by atoms with Gasteiger partial charge in [-0.2, -0.15) is 0 Å². The zero-order valence-electron chi connectivity index (χ0n) is 15.4. The van der Waals surface area contributed by atoms with E-state index in [0.717, 1.165) is 21.5 Å². The van der Waals surface area contributed by atoms with Gasteiger partial charge in [-0.15, -0.1) is 0 Å². The van der Waals surface area contributed by atoms with Crippen LogP contribution in [0.5, 0.6) is 5.75 Å². The van der Waals surface area contributed by atoms with Gasteiger partial charge < -0.3 is 10.1 Å². The van der Waals surface area contributed by atoms with E-state index in [-0.39, 0.29) is 5.91 Å². The number of anilines is 1. The summed E-state index contributed by atoms with van der Waals surface area (Å²) in [6.07, 6.45) is 1.12. The molecule has 0 saturated carbocycles. The Labute approximate surface area is 158 Å². The topological polar surface area (TPSA) is 38.3 Å². The molecular formula is C21H26BrNO2. The summed E-state index contributed by atoms with van der Waals surface area (Å²) in [5, 5.41) is 2.98. The fourth-order valence-corrected chi connectivity index (χ4v) is 3.02. The smallest absolute Gasteiger partial charge is 0.224 e. The lowest BCUT2D eigenvalue weighted by Crippen LogP contribution is -2.14. The first-order valence-electron chi connectivity index (χ1n) is 8.66. The maximum atomic E-state index is 12.1.